The van der Waals surface area contributed by atoms with Crippen molar-refractivity contribution in [1.29, 1.82) is 0 Å². The first-order valence-corrected chi connectivity index (χ1v) is 9.42. The first kappa shape index (κ1) is 18.5. The Hall–Kier alpha value is -1.29. The van der Waals surface area contributed by atoms with Gasteiger partial charge in [-0.25, -0.2) is 4.39 Å². The van der Waals surface area contributed by atoms with E-state index in [0.29, 0.717) is 22.0 Å². The summed E-state index contributed by atoms with van der Waals surface area (Å²) < 4.78 is 14.6. The molecule has 2 aromatic carbocycles. The van der Waals surface area contributed by atoms with Gasteiger partial charge in [-0.2, -0.15) is 0 Å². The first-order chi connectivity index (χ1) is 12.0. The maximum Gasteiger partial charge on any atom is 0.126 e. The van der Waals surface area contributed by atoms with Crippen LogP contribution in [0.5, 0.6) is 0 Å². The number of hydrogen-bond donors (Lipinski definition) is 0. The Morgan fingerprint density at radius 2 is 1.72 bits per heavy atom. The molecule has 0 aliphatic carbocycles. The minimum Gasteiger partial charge on any atom is -0.369 e. The summed E-state index contributed by atoms with van der Waals surface area (Å²) in [6, 6.07) is 11.5. The van der Waals surface area contributed by atoms with Crippen molar-refractivity contribution in [3.05, 3.63) is 52.0 Å². The Labute approximate surface area is 159 Å². The van der Waals surface area contributed by atoms with Gasteiger partial charge in [0.2, 0.25) is 0 Å². The second kappa shape index (κ2) is 7.94. The van der Waals surface area contributed by atoms with Crippen LogP contribution in [0.4, 0.5) is 10.1 Å². The van der Waals surface area contributed by atoms with Gasteiger partial charge in [0.25, 0.3) is 0 Å². The number of alkyl halides is 1. The fourth-order valence-corrected chi connectivity index (χ4v) is 3.77. The van der Waals surface area contributed by atoms with Crippen molar-refractivity contribution in [2.45, 2.75) is 19.5 Å². The highest BCUT2D eigenvalue weighted by Crippen LogP contribution is 2.41. The molecule has 1 heterocycles. The van der Waals surface area contributed by atoms with Gasteiger partial charge in [0, 0.05) is 53.6 Å². The van der Waals surface area contributed by atoms with Gasteiger partial charge in [0.05, 0.1) is 5.02 Å². The number of benzene rings is 2. The molecule has 0 spiro atoms. The van der Waals surface area contributed by atoms with Crippen LogP contribution < -0.4 is 4.90 Å². The summed E-state index contributed by atoms with van der Waals surface area (Å²) in [4.78, 5) is 4.59. The molecule has 25 heavy (non-hydrogen) atoms. The molecule has 1 unspecified atom stereocenters. The molecule has 5 heteroatoms. The zero-order chi connectivity index (χ0) is 18.0. The summed E-state index contributed by atoms with van der Waals surface area (Å²) in [7, 11) is 2.12. The van der Waals surface area contributed by atoms with Crippen LogP contribution in [0.2, 0.25) is 10.0 Å². The van der Waals surface area contributed by atoms with Gasteiger partial charge in [-0.05, 0) is 31.7 Å². The lowest BCUT2D eigenvalue weighted by Gasteiger charge is -2.35. The Bertz CT molecular complexity index is 742. The smallest absolute Gasteiger partial charge is 0.126 e. The highest BCUT2D eigenvalue weighted by Gasteiger charge is 2.22. The maximum atomic E-state index is 14.6. The number of anilines is 1. The van der Waals surface area contributed by atoms with E-state index in [1.54, 1.807) is 0 Å². The molecule has 1 atom stereocenters. The van der Waals surface area contributed by atoms with E-state index in [1.807, 2.05) is 43.3 Å². The minimum atomic E-state index is -1.08. The van der Waals surface area contributed by atoms with Gasteiger partial charge in [-0.3, -0.25) is 0 Å². The van der Waals surface area contributed by atoms with Gasteiger partial charge in [0.1, 0.15) is 6.17 Å². The number of likely N-dealkylation sites (N-methyl/N-ethyl adjacent to an activating group) is 1. The standard InChI is InChI=1S/C20H23Cl2FN2/c1-3-19(23)17-13-14(25-10-8-24(2)9-11-25)12-16(20(17)22)15-6-4-5-7-18(15)21/h4-7,12-13,19H,3,8-11H2,1-2H3. The predicted molar refractivity (Wildman–Crippen MR) is 106 cm³/mol. The van der Waals surface area contributed by atoms with Crippen LogP contribution in [0.1, 0.15) is 25.1 Å². The van der Waals surface area contributed by atoms with E-state index < -0.39 is 6.17 Å². The van der Waals surface area contributed by atoms with E-state index in [9.17, 15) is 4.39 Å². The third-order valence-corrected chi connectivity index (χ3v) is 5.57. The molecule has 3 rings (SSSR count). The molecule has 1 fully saturated rings. The monoisotopic (exact) mass is 380 g/mol. The van der Waals surface area contributed by atoms with Gasteiger partial charge < -0.3 is 9.80 Å². The Balaban J connectivity index is 2.10. The molecule has 0 saturated carbocycles. The molecule has 0 N–H and O–H groups in total. The topological polar surface area (TPSA) is 6.48 Å². The summed E-state index contributed by atoms with van der Waals surface area (Å²) in [5.74, 6) is 0. The molecule has 1 saturated heterocycles. The van der Waals surface area contributed by atoms with Gasteiger partial charge in [-0.15, -0.1) is 0 Å². The molecule has 0 radical (unpaired) electrons. The average Bonchev–Trinajstić information content (AvgIpc) is 2.63. The Morgan fingerprint density at radius 1 is 1.04 bits per heavy atom. The average molecular weight is 381 g/mol. The summed E-state index contributed by atoms with van der Waals surface area (Å²) in [6.07, 6.45) is -0.686. The minimum absolute atomic E-state index is 0.397. The van der Waals surface area contributed by atoms with E-state index in [2.05, 4.69) is 16.8 Å². The molecular weight excluding hydrogens is 358 g/mol. The Morgan fingerprint density at radius 3 is 2.36 bits per heavy atom. The van der Waals surface area contributed by atoms with Crippen LogP contribution in [0.3, 0.4) is 0 Å². The summed E-state index contributed by atoms with van der Waals surface area (Å²) in [6.45, 7) is 5.66. The van der Waals surface area contributed by atoms with Crippen molar-refractivity contribution in [2.24, 2.45) is 0 Å². The van der Waals surface area contributed by atoms with Gasteiger partial charge in [-0.1, -0.05) is 48.3 Å². The van der Waals surface area contributed by atoms with Crippen molar-refractivity contribution in [3.8, 4) is 11.1 Å². The lowest BCUT2D eigenvalue weighted by Crippen LogP contribution is -2.44. The number of rotatable bonds is 4. The molecule has 134 valence electrons. The highest BCUT2D eigenvalue weighted by molar-refractivity contribution is 6.37. The fraction of sp³-hybridized carbons (Fsp3) is 0.400. The van der Waals surface area contributed by atoms with Gasteiger partial charge >= 0.3 is 0 Å². The summed E-state index contributed by atoms with van der Waals surface area (Å²) in [5, 5.41) is 1.08. The van der Waals surface area contributed by atoms with Crippen LogP contribution in [0, 0.1) is 0 Å². The molecule has 1 aliphatic rings. The molecule has 2 nitrogen and oxygen atoms in total. The fourth-order valence-electron chi connectivity index (χ4n) is 3.20. The largest absolute Gasteiger partial charge is 0.369 e. The first-order valence-electron chi connectivity index (χ1n) is 8.67. The molecule has 0 aromatic heterocycles. The number of hydrogen-bond acceptors (Lipinski definition) is 2. The van der Waals surface area contributed by atoms with Crippen LogP contribution in [0.25, 0.3) is 11.1 Å². The van der Waals surface area contributed by atoms with Crippen molar-refractivity contribution < 1.29 is 4.39 Å². The van der Waals surface area contributed by atoms with Crippen LogP contribution >= 0.6 is 23.2 Å². The number of nitrogens with zero attached hydrogens (tertiary/aromatic N) is 2. The van der Waals surface area contributed by atoms with Crippen molar-refractivity contribution >= 4 is 28.9 Å². The van der Waals surface area contributed by atoms with E-state index in [1.165, 1.54) is 0 Å². The van der Waals surface area contributed by atoms with Crippen LogP contribution in [0.15, 0.2) is 36.4 Å². The zero-order valence-corrected chi connectivity index (χ0v) is 16.1. The van der Waals surface area contributed by atoms with E-state index in [0.717, 1.165) is 43.0 Å². The second-order valence-corrected chi connectivity index (χ2v) is 7.33. The van der Waals surface area contributed by atoms with Crippen molar-refractivity contribution in [1.82, 2.24) is 4.90 Å². The third-order valence-electron chi connectivity index (χ3n) is 4.81. The lowest BCUT2D eigenvalue weighted by molar-refractivity contribution is 0.312. The van der Waals surface area contributed by atoms with Crippen LogP contribution in [-0.2, 0) is 0 Å². The quantitative estimate of drug-likeness (QED) is 0.657. The molecule has 1 aliphatic heterocycles. The second-order valence-electron chi connectivity index (χ2n) is 6.54. The van der Waals surface area contributed by atoms with E-state index in [4.69, 9.17) is 23.2 Å². The number of piperazine rings is 1. The van der Waals surface area contributed by atoms with Crippen molar-refractivity contribution in [2.75, 3.05) is 38.1 Å². The third kappa shape index (κ3) is 3.94. The number of halogens is 3. The zero-order valence-electron chi connectivity index (χ0n) is 14.6. The normalized spacial score (nSPS) is 16.9. The Kier molecular flexibility index (Phi) is 5.88. The predicted octanol–water partition coefficient (Wildman–Crippen LogP) is 5.83. The lowest BCUT2D eigenvalue weighted by atomic mass is 9.98. The molecular formula is C20H23Cl2FN2. The van der Waals surface area contributed by atoms with E-state index >= 15 is 0 Å². The molecule has 0 bridgehead atoms. The SMILES string of the molecule is CCC(F)c1cc(N2CCN(C)CC2)cc(-c2ccccc2Cl)c1Cl. The highest BCUT2D eigenvalue weighted by atomic mass is 35.5. The van der Waals surface area contributed by atoms with Crippen molar-refractivity contribution in [3.63, 3.8) is 0 Å². The molecule has 2 aromatic rings. The molecule has 0 amide bonds. The maximum absolute atomic E-state index is 14.6. The summed E-state index contributed by atoms with van der Waals surface area (Å²) >= 11 is 13.0. The van der Waals surface area contributed by atoms with E-state index in [-0.39, 0.29) is 0 Å². The van der Waals surface area contributed by atoms with Crippen LogP contribution in [-0.4, -0.2) is 38.1 Å². The summed E-state index contributed by atoms with van der Waals surface area (Å²) in [5.41, 5.74) is 3.21. The van der Waals surface area contributed by atoms with Gasteiger partial charge in [0.15, 0.2) is 0 Å².